The summed E-state index contributed by atoms with van der Waals surface area (Å²) in [5.74, 6) is -0.299. The number of rotatable bonds is 7. The summed E-state index contributed by atoms with van der Waals surface area (Å²) in [6, 6.07) is 11.0. The Labute approximate surface area is 178 Å². The molecule has 1 amide bonds. The van der Waals surface area contributed by atoms with Gasteiger partial charge in [-0.1, -0.05) is 18.2 Å². The van der Waals surface area contributed by atoms with Gasteiger partial charge in [0.05, 0.1) is 6.61 Å². The van der Waals surface area contributed by atoms with Gasteiger partial charge in [0.2, 0.25) is 12.2 Å². The van der Waals surface area contributed by atoms with E-state index in [9.17, 15) is 29.6 Å². The Balaban J connectivity index is 1.87. The maximum Gasteiger partial charge on any atom is 0.229 e. The maximum absolute atomic E-state index is 13.8. The lowest BCUT2D eigenvalue weighted by Gasteiger charge is -2.39. The molecule has 0 aromatic heterocycles. The van der Waals surface area contributed by atoms with Crippen molar-refractivity contribution in [2.24, 2.45) is 0 Å². The fourth-order valence-corrected chi connectivity index (χ4v) is 3.44. The van der Waals surface area contributed by atoms with Crippen molar-refractivity contribution in [2.45, 2.75) is 44.1 Å². The SMILES string of the molecule is CC(=O)NCCc1ccc(OC2O[C@@H](CO)[C@H](O)[C@@H](O)[C@@H]2O)cc1-c1cccc(F)c1. The van der Waals surface area contributed by atoms with Crippen LogP contribution in [0.4, 0.5) is 4.39 Å². The second-order valence-electron chi connectivity index (χ2n) is 7.38. The zero-order valence-corrected chi connectivity index (χ0v) is 16.9. The van der Waals surface area contributed by atoms with Crippen molar-refractivity contribution in [3.8, 4) is 16.9 Å². The van der Waals surface area contributed by atoms with Gasteiger partial charge in [-0.05, 0) is 47.4 Å². The molecule has 0 radical (unpaired) electrons. The highest BCUT2D eigenvalue weighted by Crippen LogP contribution is 2.31. The Kier molecular flexibility index (Phi) is 7.58. The van der Waals surface area contributed by atoms with E-state index in [4.69, 9.17) is 9.47 Å². The molecule has 2 aromatic carbocycles. The molecule has 0 bridgehead atoms. The normalized spacial score (nSPS) is 25.8. The molecular formula is C22H26FNO7. The Morgan fingerprint density at radius 3 is 2.58 bits per heavy atom. The molecule has 31 heavy (non-hydrogen) atoms. The highest BCUT2D eigenvalue weighted by atomic mass is 19.1. The lowest BCUT2D eigenvalue weighted by atomic mass is 9.97. The first-order valence-electron chi connectivity index (χ1n) is 9.90. The fraction of sp³-hybridized carbons (Fsp3) is 0.409. The Bertz CT molecular complexity index is 907. The second-order valence-corrected chi connectivity index (χ2v) is 7.38. The van der Waals surface area contributed by atoms with Gasteiger partial charge in [-0.15, -0.1) is 0 Å². The molecule has 1 heterocycles. The van der Waals surface area contributed by atoms with Gasteiger partial charge >= 0.3 is 0 Å². The number of nitrogens with one attached hydrogen (secondary N) is 1. The van der Waals surface area contributed by atoms with Crippen LogP contribution in [0.15, 0.2) is 42.5 Å². The number of hydrogen-bond acceptors (Lipinski definition) is 7. The Morgan fingerprint density at radius 2 is 1.90 bits per heavy atom. The molecule has 1 aliphatic rings. The number of amides is 1. The van der Waals surface area contributed by atoms with Gasteiger partial charge in [-0.2, -0.15) is 0 Å². The van der Waals surface area contributed by atoms with Crippen molar-refractivity contribution in [3.05, 3.63) is 53.8 Å². The predicted octanol–water partition coefficient (Wildman–Crippen LogP) is 0.350. The first-order chi connectivity index (χ1) is 14.8. The van der Waals surface area contributed by atoms with Gasteiger partial charge in [-0.3, -0.25) is 4.79 Å². The van der Waals surface area contributed by atoms with E-state index in [-0.39, 0.29) is 11.7 Å². The number of hydrogen-bond donors (Lipinski definition) is 5. The largest absolute Gasteiger partial charge is 0.462 e. The van der Waals surface area contributed by atoms with Crippen LogP contribution < -0.4 is 10.1 Å². The van der Waals surface area contributed by atoms with E-state index < -0.39 is 43.1 Å². The molecule has 2 aromatic rings. The molecule has 0 saturated carbocycles. The molecule has 8 nitrogen and oxygen atoms in total. The highest BCUT2D eigenvalue weighted by Gasteiger charge is 2.44. The molecule has 1 unspecified atom stereocenters. The maximum atomic E-state index is 13.8. The van der Waals surface area contributed by atoms with E-state index in [0.29, 0.717) is 24.1 Å². The van der Waals surface area contributed by atoms with Gasteiger partial charge in [0, 0.05) is 13.5 Å². The average Bonchev–Trinajstić information content (AvgIpc) is 2.74. The van der Waals surface area contributed by atoms with Crippen molar-refractivity contribution >= 4 is 5.91 Å². The van der Waals surface area contributed by atoms with E-state index >= 15 is 0 Å². The van der Waals surface area contributed by atoms with Crippen LogP contribution >= 0.6 is 0 Å². The van der Waals surface area contributed by atoms with E-state index in [0.717, 1.165) is 5.56 Å². The zero-order chi connectivity index (χ0) is 22.5. The Morgan fingerprint density at radius 1 is 1.13 bits per heavy atom. The molecule has 5 atom stereocenters. The summed E-state index contributed by atoms with van der Waals surface area (Å²) in [4.78, 5) is 11.2. The minimum atomic E-state index is -1.56. The van der Waals surface area contributed by atoms with Crippen LogP contribution in [0, 0.1) is 5.82 Å². The molecule has 0 spiro atoms. The predicted molar refractivity (Wildman–Crippen MR) is 109 cm³/mol. The summed E-state index contributed by atoms with van der Waals surface area (Å²) >= 11 is 0. The summed E-state index contributed by atoms with van der Waals surface area (Å²) in [6.07, 6.45) is -6.53. The monoisotopic (exact) mass is 435 g/mol. The molecule has 5 N–H and O–H groups in total. The lowest BCUT2D eigenvalue weighted by Crippen LogP contribution is -2.60. The summed E-state index contributed by atoms with van der Waals surface area (Å²) in [6.45, 7) is 1.25. The molecule has 168 valence electrons. The summed E-state index contributed by atoms with van der Waals surface area (Å²) in [5.41, 5.74) is 2.09. The summed E-state index contributed by atoms with van der Waals surface area (Å²) < 4.78 is 24.9. The number of benzene rings is 2. The number of ether oxygens (including phenoxy) is 2. The molecule has 1 aliphatic heterocycles. The number of aliphatic hydroxyl groups is 4. The van der Waals surface area contributed by atoms with Crippen LogP contribution in [0.5, 0.6) is 5.75 Å². The van der Waals surface area contributed by atoms with E-state index in [1.807, 2.05) is 0 Å². The molecular weight excluding hydrogens is 409 g/mol. The number of aliphatic hydroxyl groups excluding tert-OH is 4. The third-order valence-corrected chi connectivity index (χ3v) is 5.09. The topological polar surface area (TPSA) is 128 Å². The first-order valence-corrected chi connectivity index (χ1v) is 9.90. The van der Waals surface area contributed by atoms with Crippen LogP contribution in [0.2, 0.25) is 0 Å². The van der Waals surface area contributed by atoms with Gasteiger partial charge in [0.1, 0.15) is 36.0 Å². The summed E-state index contributed by atoms with van der Waals surface area (Å²) in [7, 11) is 0. The highest BCUT2D eigenvalue weighted by molar-refractivity contribution is 5.73. The zero-order valence-electron chi connectivity index (χ0n) is 16.9. The van der Waals surface area contributed by atoms with Crippen LogP contribution in [-0.2, 0) is 16.0 Å². The molecule has 1 fully saturated rings. The van der Waals surface area contributed by atoms with Crippen molar-refractivity contribution < 1.29 is 39.1 Å². The van der Waals surface area contributed by atoms with Crippen molar-refractivity contribution in [1.82, 2.24) is 5.32 Å². The quantitative estimate of drug-likeness (QED) is 0.425. The van der Waals surface area contributed by atoms with E-state index in [1.165, 1.54) is 19.1 Å². The van der Waals surface area contributed by atoms with Crippen molar-refractivity contribution in [1.29, 1.82) is 0 Å². The van der Waals surface area contributed by atoms with Crippen LogP contribution in [0.25, 0.3) is 11.1 Å². The van der Waals surface area contributed by atoms with Gasteiger partial charge in [0.15, 0.2) is 0 Å². The number of carbonyl (C=O) groups excluding carboxylic acids is 1. The summed E-state index contributed by atoms with van der Waals surface area (Å²) in [5, 5.41) is 42.1. The number of halogens is 1. The third-order valence-electron chi connectivity index (χ3n) is 5.09. The van der Waals surface area contributed by atoms with Crippen molar-refractivity contribution in [3.63, 3.8) is 0 Å². The van der Waals surface area contributed by atoms with Gasteiger partial charge in [0.25, 0.3) is 0 Å². The standard InChI is InChI=1S/C22H26FNO7/c1-12(26)24-8-7-13-5-6-16(10-17(13)14-3-2-4-15(23)9-14)30-22-21(29)20(28)19(27)18(11-25)31-22/h2-6,9-10,18-22,25,27-29H,7-8,11H2,1H3,(H,24,26)/t18-,19-,20+,21-,22?/m0/s1. The van der Waals surface area contributed by atoms with Crippen LogP contribution in [0.3, 0.4) is 0 Å². The minimum absolute atomic E-state index is 0.158. The van der Waals surface area contributed by atoms with Crippen LogP contribution in [-0.4, -0.2) is 70.2 Å². The smallest absolute Gasteiger partial charge is 0.229 e. The molecule has 0 aliphatic carbocycles. The second kappa shape index (κ2) is 10.2. The average molecular weight is 435 g/mol. The van der Waals surface area contributed by atoms with Gasteiger partial charge in [-0.25, -0.2) is 4.39 Å². The third kappa shape index (κ3) is 5.57. The van der Waals surface area contributed by atoms with Gasteiger partial charge < -0.3 is 35.2 Å². The molecule has 1 saturated heterocycles. The molecule has 3 rings (SSSR count). The number of carbonyl (C=O) groups is 1. The van der Waals surface area contributed by atoms with E-state index in [2.05, 4.69) is 5.32 Å². The molecule has 9 heteroatoms. The first kappa shape index (κ1) is 23.1. The fourth-order valence-electron chi connectivity index (χ4n) is 3.44. The van der Waals surface area contributed by atoms with Crippen molar-refractivity contribution in [2.75, 3.05) is 13.2 Å². The van der Waals surface area contributed by atoms with Crippen LogP contribution in [0.1, 0.15) is 12.5 Å². The van der Waals surface area contributed by atoms with E-state index in [1.54, 1.807) is 30.3 Å². The lowest BCUT2D eigenvalue weighted by molar-refractivity contribution is -0.277. The Hall–Kier alpha value is -2.56. The minimum Gasteiger partial charge on any atom is -0.462 e.